The topological polar surface area (TPSA) is 12.0 Å². The molecule has 2 fully saturated rings. The molecule has 18 heavy (non-hydrogen) atoms. The van der Waals surface area contributed by atoms with Gasteiger partial charge >= 0.3 is 0 Å². The minimum absolute atomic E-state index is 0.655. The summed E-state index contributed by atoms with van der Waals surface area (Å²) >= 11 is 12.2. The van der Waals surface area contributed by atoms with Crippen LogP contribution < -0.4 is 5.32 Å². The SMILES string of the molecule is Clc1ccc(C2CCCCC3CNCC32)cc1Cl. The van der Waals surface area contributed by atoms with E-state index in [-0.39, 0.29) is 0 Å². The predicted octanol–water partition coefficient (Wildman–Crippen LogP) is 4.49. The lowest BCUT2D eigenvalue weighted by atomic mass is 9.79. The molecule has 1 aromatic carbocycles. The van der Waals surface area contributed by atoms with Gasteiger partial charge in [0.25, 0.3) is 0 Å². The van der Waals surface area contributed by atoms with Crippen LogP contribution in [0.5, 0.6) is 0 Å². The lowest BCUT2D eigenvalue weighted by Gasteiger charge is -2.25. The largest absolute Gasteiger partial charge is 0.316 e. The summed E-state index contributed by atoms with van der Waals surface area (Å²) in [4.78, 5) is 0. The van der Waals surface area contributed by atoms with Crippen LogP contribution >= 0.6 is 23.2 Å². The minimum atomic E-state index is 0.655. The monoisotopic (exact) mass is 283 g/mol. The van der Waals surface area contributed by atoms with Crippen LogP contribution in [0.1, 0.15) is 37.2 Å². The molecule has 0 aromatic heterocycles. The van der Waals surface area contributed by atoms with E-state index in [1.54, 1.807) is 0 Å². The average molecular weight is 284 g/mol. The van der Waals surface area contributed by atoms with Gasteiger partial charge in [-0.2, -0.15) is 0 Å². The minimum Gasteiger partial charge on any atom is -0.316 e. The Balaban J connectivity index is 1.90. The molecule has 2 aliphatic rings. The van der Waals surface area contributed by atoms with Crippen LogP contribution in [-0.2, 0) is 0 Å². The molecule has 0 amide bonds. The van der Waals surface area contributed by atoms with Gasteiger partial charge in [0.2, 0.25) is 0 Å². The zero-order valence-electron chi connectivity index (χ0n) is 10.5. The number of nitrogens with one attached hydrogen (secondary N) is 1. The summed E-state index contributed by atoms with van der Waals surface area (Å²) in [6.07, 6.45) is 5.40. The molecule has 3 atom stereocenters. The van der Waals surface area contributed by atoms with E-state index in [2.05, 4.69) is 17.4 Å². The second kappa shape index (κ2) is 5.40. The van der Waals surface area contributed by atoms with Crippen LogP contribution in [-0.4, -0.2) is 13.1 Å². The molecule has 3 unspecified atom stereocenters. The van der Waals surface area contributed by atoms with Crippen LogP contribution in [0.15, 0.2) is 18.2 Å². The van der Waals surface area contributed by atoms with E-state index in [1.165, 1.54) is 37.8 Å². The molecule has 1 aliphatic heterocycles. The molecular weight excluding hydrogens is 265 g/mol. The van der Waals surface area contributed by atoms with Crippen LogP contribution in [0.4, 0.5) is 0 Å². The van der Waals surface area contributed by atoms with Crippen molar-refractivity contribution in [3.8, 4) is 0 Å². The smallest absolute Gasteiger partial charge is 0.0595 e. The fraction of sp³-hybridized carbons (Fsp3) is 0.600. The first kappa shape index (κ1) is 12.8. The molecule has 1 saturated carbocycles. The van der Waals surface area contributed by atoms with Crippen molar-refractivity contribution in [1.82, 2.24) is 5.32 Å². The zero-order chi connectivity index (χ0) is 12.5. The van der Waals surface area contributed by atoms with Gasteiger partial charge in [0.15, 0.2) is 0 Å². The molecule has 1 aromatic rings. The van der Waals surface area contributed by atoms with Crippen molar-refractivity contribution in [1.29, 1.82) is 0 Å². The van der Waals surface area contributed by atoms with Gasteiger partial charge in [-0.15, -0.1) is 0 Å². The number of hydrogen-bond donors (Lipinski definition) is 1. The third kappa shape index (κ3) is 2.41. The van der Waals surface area contributed by atoms with Gasteiger partial charge < -0.3 is 5.32 Å². The summed E-state index contributed by atoms with van der Waals surface area (Å²) in [5.41, 5.74) is 1.38. The Morgan fingerprint density at radius 1 is 1.00 bits per heavy atom. The predicted molar refractivity (Wildman–Crippen MR) is 77.5 cm³/mol. The summed E-state index contributed by atoms with van der Waals surface area (Å²) in [6.45, 7) is 2.36. The molecule has 1 aliphatic carbocycles. The molecule has 1 nitrogen and oxygen atoms in total. The van der Waals surface area contributed by atoms with Crippen molar-refractivity contribution in [2.45, 2.75) is 31.6 Å². The molecule has 98 valence electrons. The molecule has 1 heterocycles. The van der Waals surface area contributed by atoms with Gasteiger partial charge in [-0.3, -0.25) is 0 Å². The third-order valence-corrected chi connectivity index (χ3v) is 5.36. The Morgan fingerprint density at radius 3 is 2.67 bits per heavy atom. The second-order valence-corrected chi connectivity index (χ2v) is 6.46. The third-order valence-electron chi connectivity index (χ3n) is 4.62. The first-order valence-corrected chi connectivity index (χ1v) is 7.67. The van der Waals surface area contributed by atoms with Crippen LogP contribution in [0.3, 0.4) is 0 Å². The average Bonchev–Trinajstić information content (AvgIpc) is 2.73. The molecule has 0 bridgehead atoms. The summed E-state index contributed by atoms with van der Waals surface area (Å²) in [6, 6.07) is 6.19. The molecule has 0 radical (unpaired) electrons. The van der Waals surface area contributed by atoms with E-state index < -0.39 is 0 Å². The molecule has 1 saturated heterocycles. The van der Waals surface area contributed by atoms with E-state index in [1.807, 2.05) is 6.07 Å². The highest BCUT2D eigenvalue weighted by Crippen LogP contribution is 2.42. The quantitative estimate of drug-likeness (QED) is 0.801. The van der Waals surface area contributed by atoms with Crippen molar-refractivity contribution in [2.75, 3.05) is 13.1 Å². The Bertz CT molecular complexity index is 433. The highest BCUT2D eigenvalue weighted by atomic mass is 35.5. The van der Waals surface area contributed by atoms with Gasteiger partial charge in [-0.05, 0) is 61.4 Å². The van der Waals surface area contributed by atoms with Crippen molar-refractivity contribution in [3.63, 3.8) is 0 Å². The number of fused-ring (bicyclic) bond motifs is 1. The number of hydrogen-bond acceptors (Lipinski definition) is 1. The second-order valence-electron chi connectivity index (χ2n) is 5.65. The van der Waals surface area contributed by atoms with E-state index >= 15 is 0 Å². The van der Waals surface area contributed by atoms with Crippen LogP contribution in [0.25, 0.3) is 0 Å². The van der Waals surface area contributed by atoms with Crippen LogP contribution in [0, 0.1) is 11.8 Å². The molecular formula is C15H19Cl2N. The van der Waals surface area contributed by atoms with Crippen molar-refractivity contribution in [2.24, 2.45) is 11.8 Å². The van der Waals surface area contributed by atoms with E-state index in [0.717, 1.165) is 18.4 Å². The maximum absolute atomic E-state index is 6.17. The van der Waals surface area contributed by atoms with E-state index in [9.17, 15) is 0 Å². The normalized spacial score (nSPS) is 32.0. The van der Waals surface area contributed by atoms with E-state index in [0.29, 0.717) is 16.0 Å². The highest BCUT2D eigenvalue weighted by Gasteiger charge is 2.35. The van der Waals surface area contributed by atoms with Gasteiger partial charge in [0, 0.05) is 0 Å². The summed E-state index contributed by atoms with van der Waals surface area (Å²) < 4.78 is 0. The Labute approximate surface area is 119 Å². The Kier molecular flexibility index (Phi) is 3.83. The Morgan fingerprint density at radius 2 is 1.83 bits per heavy atom. The molecule has 0 spiro atoms. The maximum atomic E-state index is 6.17. The fourth-order valence-electron chi connectivity index (χ4n) is 3.68. The van der Waals surface area contributed by atoms with Crippen molar-refractivity contribution < 1.29 is 0 Å². The first-order valence-electron chi connectivity index (χ1n) is 6.91. The van der Waals surface area contributed by atoms with Crippen molar-refractivity contribution >= 4 is 23.2 Å². The van der Waals surface area contributed by atoms with E-state index in [4.69, 9.17) is 23.2 Å². The fourth-order valence-corrected chi connectivity index (χ4v) is 3.99. The standard InChI is InChI=1S/C15H19Cl2N/c16-14-6-5-10(7-15(14)17)12-4-2-1-3-11-8-18-9-13(11)12/h5-7,11-13,18H,1-4,8-9H2. The number of benzene rings is 1. The van der Waals surface area contributed by atoms with Gasteiger partial charge in [0.05, 0.1) is 10.0 Å². The molecule has 1 N–H and O–H groups in total. The molecule has 3 rings (SSSR count). The van der Waals surface area contributed by atoms with Gasteiger partial charge in [0.1, 0.15) is 0 Å². The summed E-state index contributed by atoms with van der Waals surface area (Å²) in [5, 5.41) is 4.92. The first-order chi connectivity index (χ1) is 8.75. The maximum Gasteiger partial charge on any atom is 0.0595 e. The lowest BCUT2D eigenvalue weighted by Crippen LogP contribution is -2.19. The number of halogens is 2. The van der Waals surface area contributed by atoms with Crippen LogP contribution in [0.2, 0.25) is 10.0 Å². The number of rotatable bonds is 1. The van der Waals surface area contributed by atoms with Crippen molar-refractivity contribution in [3.05, 3.63) is 33.8 Å². The zero-order valence-corrected chi connectivity index (χ0v) is 12.0. The lowest BCUT2D eigenvalue weighted by molar-refractivity contribution is 0.354. The van der Waals surface area contributed by atoms with Gasteiger partial charge in [-0.25, -0.2) is 0 Å². The highest BCUT2D eigenvalue weighted by molar-refractivity contribution is 6.42. The molecule has 3 heteroatoms. The van der Waals surface area contributed by atoms with Gasteiger partial charge in [-0.1, -0.05) is 42.1 Å². The summed E-state index contributed by atoms with van der Waals surface area (Å²) in [5.74, 6) is 2.29. The summed E-state index contributed by atoms with van der Waals surface area (Å²) in [7, 11) is 0. The Hall–Kier alpha value is -0.240.